The van der Waals surface area contributed by atoms with Crippen molar-refractivity contribution in [1.82, 2.24) is 9.97 Å². The number of rotatable bonds is 7. The number of hydrogen-bond acceptors (Lipinski definition) is 5. The number of nitrogens with one attached hydrogen (secondary N) is 2. The van der Waals surface area contributed by atoms with Crippen LogP contribution in [-0.2, 0) is 11.2 Å². The van der Waals surface area contributed by atoms with E-state index in [9.17, 15) is 0 Å². The molecule has 5 nitrogen and oxygen atoms in total. The molecule has 1 rings (SSSR count). The van der Waals surface area contributed by atoms with Crippen LogP contribution >= 0.6 is 0 Å². The van der Waals surface area contributed by atoms with Crippen LogP contribution in [0.4, 0.5) is 11.6 Å². The number of methoxy groups -OCH3 is 1. The summed E-state index contributed by atoms with van der Waals surface area (Å²) in [5.74, 6) is 1.79. The molecule has 1 atom stereocenters. The highest BCUT2D eigenvalue weighted by molar-refractivity contribution is 5.57. The average Bonchev–Trinajstić information content (AvgIpc) is 2.37. The molecule has 0 radical (unpaired) electrons. The minimum absolute atomic E-state index is 0.282. The molecular weight excluding hydrogens is 216 g/mol. The normalized spacial score (nSPS) is 12.2. The van der Waals surface area contributed by atoms with Crippen LogP contribution < -0.4 is 10.6 Å². The molecule has 96 valence electrons. The Bertz CT molecular complexity index is 343. The molecule has 0 aromatic carbocycles. The molecule has 0 fully saturated rings. The highest BCUT2D eigenvalue weighted by Gasteiger charge is 2.12. The number of aromatic nitrogens is 2. The van der Waals surface area contributed by atoms with E-state index in [4.69, 9.17) is 4.74 Å². The third-order valence-corrected chi connectivity index (χ3v) is 2.74. The van der Waals surface area contributed by atoms with E-state index >= 15 is 0 Å². The van der Waals surface area contributed by atoms with Crippen LogP contribution in [-0.4, -0.2) is 36.8 Å². The first-order valence-electron chi connectivity index (χ1n) is 6.03. The van der Waals surface area contributed by atoms with Crippen molar-refractivity contribution in [1.29, 1.82) is 0 Å². The van der Waals surface area contributed by atoms with Gasteiger partial charge in [-0.1, -0.05) is 13.8 Å². The molecule has 0 spiro atoms. The number of nitrogens with zero attached hydrogens (tertiary/aromatic N) is 2. The van der Waals surface area contributed by atoms with Gasteiger partial charge in [-0.2, -0.15) is 0 Å². The molecule has 0 aliphatic carbocycles. The van der Waals surface area contributed by atoms with E-state index in [1.807, 2.05) is 7.05 Å². The highest BCUT2D eigenvalue weighted by atomic mass is 16.5. The van der Waals surface area contributed by atoms with Gasteiger partial charge in [-0.05, 0) is 12.8 Å². The Hall–Kier alpha value is -1.36. The minimum atomic E-state index is 0.282. The first-order valence-corrected chi connectivity index (χ1v) is 6.03. The Balaban J connectivity index is 2.88. The molecule has 2 N–H and O–H groups in total. The maximum Gasteiger partial charge on any atom is 0.135 e. The van der Waals surface area contributed by atoms with Gasteiger partial charge in [0, 0.05) is 19.7 Å². The third-order valence-electron chi connectivity index (χ3n) is 2.74. The lowest BCUT2D eigenvalue weighted by Crippen LogP contribution is -2.25. The van der Waals surface area contributed by atoms with Gasteiger partial charge in [-0.25, -0.2) is 9.97 Å². The predicted octanol–water partition coefficient (Wildman–Crippen LogP) is 1.92. The van der Waals surface area contributed by atoms with Crippen molar-refractivity contribution in [3.8, 4) is 0 Å². The Kier molecular flexibility index (Phi) is 5.69. The SMILES string of the molecule is CCc1c(NC)ncnc1NC(CC)COC. The van der Waals surface area contributed by atoms with Crippen LogP contribution in [0.2, 0.25) is 0 Å². The molecule has 0 aliphatic rings. The van der Waals surface area contributed by atoms with Crippen molar-refractivity contribution < 1.29 is 4.74 Å². The summed E-state index contributed by atoms with van der Waals surface area (Å²) >= 11 is 0. The van der Waals surface area contributed by atoms with Crippen molar-refractivity contribution in [3.05, 3.63) is 11.9 Å². The van der Waals surface area contributed by atoms with Crippen LogP contribution in [0, 0.1) is 0 Å². The van der Waals surface area contributed by atoms with Gasteiger partial charge in [-0.3, -0.25) is 0 Å². The summed E-state index contributed by atoms with van der Waals surface area (Å²) < 4.78 is 5.18. The lowest BCUT2D eigenvalue weighted by molar-refractivity contribution is 0.184. The van der Waals surface area contributed by atoms with E-state index in [-0.39, 0.29) is 6.04 Å². The summed E-state index contributed by atoms with van der Waals surface area (Å²) in [6, 6.07) is 0.282. The molecule has 17 heavy (non-hydrogen) atoms. The number of ether oxygens (including phenoxy) is 1. The fourth-order valence-corrected chi connectivity index (χ4v) is 1.74. The molecule has 1 heterocycles. The van der Waals surface area contributed by atoms with Crippen molar-refractivity contribution >= 4 is 11.6 Å². The van der Waals surface area contributed by atoms with Gasteiger partial charge < -0.3 is 15.4 Å². The van der Waals surface area contributed by atoms with Crippen LogP contribution in [0.1, 0.15) is 25.8 Å². The van der Waals surface area contributed by atoms with Gasteiger partial charge in [0.05, 0.1) is 12.6 Å². The standard InChI is InChI=1S/C12H22N4O/c1-5-9(7-17-4)16-12-10(6-2)11(13-3)14-8-15-12/h8-9H,5-7H2,1-4H3,(H2,13,14,15,16). The summed E-state index contributed by atoms with van der Waals surface area (Å²) in [4.78, 5) is 8.52. The van der Waals surface area contributed by atoms with E-state index in [1.54, 1.807) is 13.4 Å². The lowest BCUT2D eigenvalue weighted by atomic mass is 10.2. The van der Waals surface area contributed by atoms with Gasteiger partial charge in [0.1, 0.15) is 18.0 Å². The largest absolute Gasteiger partial charge is 0.383 e. The maximum atomic E-state index is 5.18. The van der Waals surface area contributed by atoms with E-state index in [2.05, 4.69) is 34.4 Å². The molecule has 1 aromatic heterocycles. The summed E-state index contributed by atoms with van der Waals surface area (Å²) in [7, 11) is 3.59. The molecule has 1 unspecified atom stereocenters. The smallest absolute Gasteiger partial charge is 0.135 e. The zero-order valence-electron chi connectivity index (χ0n) is 11.1. The zero-order valence-corrected chi connectivity index (χ0v) is 11.1. The second-order valence-corrected chi connectivity index (χ2v) is 3.86. The second kappa shape index (κ2) is 7.06. The average molecular weight is 238 g/mol. The van der Waals surface area contributed by atoms with Crippen LogP contribution in [0.3, 0.4) is 0 Å². The number of anilines is 2. The Morgan fingerprint density at radius 1 is 1.29 bits per heavy atom. The summed E-state index contributed by atoms with van der Waals surface area (Å²) in [6.07, 6.45) is 3.46. The monoisotopic (exact) mass is 238 g/mol. The Morgan fingerprint density at radius 2 is 2.00 bits per heavy atom. The summed E-state index contributed by atoms with van der Waals surface area (Å²) in [5, 5.41) is 6.50. The fraction of sp³-hybridized carbons (Fsp3) is 0.667. The zero-order chi connectivity index (χ0) is 12.7. The second-order valence-electron chi connectivity index (χ2n) is 3.86. The van der Waals surface area contributed by atoms with Crippen LogP contribution in [0.5, 0.6) is 0 Å². The minimum Gasteiger partial charge on any atom is -0.383 e. The molecule has 0 amide bonds. The maximum absolute atomic E-state index is 5.18. The quantitative estimate of drug-likeness (QED) is 0.760. The van der Waals surface area contributed by atoms with Crippen LogP contribution in [0.15, 0.2) is 6.33 Å². The van der Waals surface area contributed by atoms with Crippen LogP contribution in [0.25, 0.3) is 0 Å². The molecule has 0 saturated carbocycles. The van der Waals surface area contributed by atoms with Crippen molar-refractivity contribution in [2.45, 2.75) is 32.7 Å². The number of hydrogen-bond donors (Lipinski definition) is 2. The van der Waals surface area contributed by atoms with Gasteiger partial charge in [-0.15, -0.1) is 0 Å². The first-order chi connectivity index (χ1) is 8.26. The van der Waals surface area contributed by atoms with Crippen molar-refractivity contribution in [3.63, 3.8) is 0 Å². The molecular formula is C12H22N4O. The molecule has 0 saturated heterocycles. The summed E-state index contributed by atoms with van der Waals surface area (Å²) in [6.45, 7) is 4.91. The van der Waals surface area contributed by atoms with Crippen molar-refractivity contribution in [2.24, 2.45) is 0 Å². The van der Waals surface area contributed by atoms with Crippen molar-refractivity contribution in [2.75, 3.05) is 31.4 Å². The Labute approximate surface area is 103 Å². The van der Waals surface area contributed by atoms with Gasteiger partial charge in [0.25, 0.3) is 0 Å². The third kappa shape index (κ3) is 3.56. The Morgan fingerprint density at radius 3 is 2.53 bits per heavy atom. The van der Waals surface area contributed by atoms with Gasteiger partial charge in [0.2, 0.25) is 0 Å². The van der Waals surface area contributed by atoms with E-state index in [0.29, 0.717) is 6.61 Å². The van der Waals surface area contributed by atoms with E-state index in [0.717, 1.165) is 30.0 Å². The highest BCUT2D eigenvalue weighted by Crippen LogP contribution is 2.20. The van der Waals surface area contributed by atoms with Gasteiger partial charge in [0.15, 0.2) is 0 Å². The fourth-order valence-electron chi connectivity index (χ4n) is 1.74. The molecule has 1 aromatic rings. The van der Waals surface area contributed by atoms with Gasteiger partial charge >= 0.3 is 0 Å². The first kappa shape index (κ1) is 13.7. The lowest BCUT2D eigenvalue weighted by Gasteiger charge is -2.19. The molecule has 0 aliphatic heterocycles. The predicted molar refractivity (Wildman–Crippen MR) is 70.5 cm³/mol. The van der Waals surface area contributed by atoms with E-state index < -0.39 is 0 Å². The topological polar surface area (TPSA) is 59.1 Å². The summed E-state index contributed by atoms with van der Waals surface area (Å²) in [5.41, 5.74) is 1.12. The molecule has 0 bridgehead atoms. The molecule has 5 heteroatoms. The van der Waals surface area contributed by atoms with E-state index in [1.165, 1.54) is 0 Å².